The minimum atomic E-state index is -0.649. The molecule has 0 radical (unpaired) electrons. The van der Waals surface area contributed by atoms with E-state index < -0.39 is 18.3 Å². The molecule has 0 aromatic carbocycles. The molecular weight excluding hydrogens is 216 g/mol. The van der Waals surface area contributed by atoms with E-state index in [1.165, 1.54) is 11.8 Å². The summed E-state index contributed by atoms with van der Waals surface area (Å²) in [6.07, 6.45) is -1.16. The van der Waals surface area contributed by atoms with Crippen molar-refractivity contribution in [3.63, 3.8) is 0 Å². The van der Waals surface area contributed by atoms with E-state index in [-0.39, 0.29) is 11.5 Å². The molecule has 0 spiro atoms. The predicted octanol–water partition coefficient (Wildman–Crippen LogP) is -0.466. The summed E-state index contributed by atoms with van der Waals surface area (Å²) in [4.78, 5) is 4.05. The Bertz CT molecular complexity index is 272. The minimum absolute atomic E-state index is 0.0494. The number of aliphatic imine (C=N–C) groups is 1. The fraction of sp³-hybridized carbons (Fsp3) is 0.889. The highest BCUT2D eigenvalue weighted by Gasteiger charge is 2.43. The van der Waals surface area contributed by atoms with E-state index in [2.05, 4.69) is 10.3 Å². The van der Waals surface area contributed by atoms with Gasteiger partial charge in [0.05, 0.1) is 18.2 Å². The average molecular weight is 232 g/mol. The van der Waals surface area contributed by atoms with Crippen LogP contribution in [0.5, 0.6) is 0 Å². The van der Waals surface area contributed by atoms with E-state index in [1.54, 1.807) is 14.0 Å². The Hall–Kier alpha value is -0.300. The van der Waals surface area contributed by atoms with Gasteiger partial charge in [-0.2, -0.15) is 0 Å². The second-order valence-electron chi connectivity index (χ2n) is 3.91. The summed E-state index contributed by atoms with van der Waals surface area (Å²) < 4.78 is 5.64. The molecule has 5 nitrogen and oxygen atoms in total. The van der Waals surface area contributed by atoms with Gasteiger partial charge in [-0.15, -0.1) is 0 Å². The zero-order chi connectivity index (χ0) is 11.0. The topological polar surface area (TPSA) is 74.1 Å². The monoisotopic (exact) mass is 232 g/mol. The number of amidine groups is 1. The third-order valence-corrected chi connectivity index (χ3v) is 3.91. The van der Waals surface area contributed by atoms with Gasteiger partial charge in [0.1, 0.15) is 11.5 Å². The van der Waals surface area contributed by atoms with Crippen molar-refractivity contribution in [2.75, 3.05) is 7.05 Å². The first kappa shape index (κ1) is 11.2. The maximum atomic E-state index is 9.77. The standard InChI is InChI=1S/C9H16N2O3S/c1-4(12)7-6(13)3-5-8(14-7)15-9(10-2)11-5/h4-8,12-13H,3H2,1-2H3,(H,10,11). The number of thioether (sulfide) groups is 1. The number of aliphatic hydroxyl groups excluding tert-OH is 2. The number of hydrogen-bond acceptors (Lipinski definition) is 5. The highest BCUT2D eigenvalue weighted by molar-refractivity contribution is 8.14. The summed E-state index contributed by atoms with van der Waals surface area (Å²) in [6, 6.07) is 0.0960. The van der Waals surface area contributed by atoms with Crippen molar-refractivity contribution in [3.05, 3.63) is 0 Å². The smallest absolute Gasteiger partial charge is 0.159 e. The lowest BCUT2D eigenvalue weighted by Gasteiger charge is -2.36. The Balaban J connectivity index is 2.05. The SMILES string of the molecule is CN=C1NC2CC(O)C(C(C)O)OC2S1. The van der Waals surface area contributed by atoms with Gasteiger partial charge in [-0.05, 0) is 13.3 Å². The predicted molar refractivity (Wildman–Crippen MR) is 58.8 cm³/mol. The van der Waals surface area contributed by atoms with E-state index in [1.807, 2.05) is 0 Å². The Kier molecular flexibility index (Phi) is 3.20. The number of fused-ring (bicyclic) bond motifs is 1. The number of aliphatic hydroxyl groups is 2. The van der Waals surface area contributed by atoms with Crippen LogP contribution in [0.1, 0.15) is 13.3 Å². The third kappa shape index (κ3) is 2.13. The van der Waals surface area contributed by atoms with Gasteiger partial charge in [0, 0.05) is 7.05 Å². The van der Waals surface area contributed by atoms with Crippen molar-refractivity contribution in [3.8, 4) is 0 Å². The van der Waals surface area contributed by atoms with Gasteiger partial charge >= 0.3 is 0 Å². The normalized spacial score (nSPS) is 44.9. The van der Waals surface area contributed by atoms with Gasteiger partial charge in [0.25, 0.3) is 0 Å². The van der Waals surface area contributed by atoms with Gasteiger partial charge in [-0.25, -0.2) is 0 Å². The minimum Gasteiger partial charge on any atom is -0.391 e. The van der Waals surface area contributed by atoms with Crippen molar-refractivity contribution in [2.45, 2.75) is 43.1 Å². The molecule has 0 amide bonds. The molecule has 2 heterocycles. The van der Waals surface area contributed by atoms with Crippen LogP contribution >= 0.6 is 11.8 Å². The molecule has 3 N–H and O–H groups in total. The molecule has 0 saturated carbocycles. The van der Waals surface area contributed by atoms with E-state index in [0.717, 1.165) is 5.17 Å². The maximum Gasteiger partial charge on any atom is 0.159 e. The van der Waals surface area contributed by atoms with Crippen molar-refractivity contribution in [1.82, 2.24) is 5.32 Å². The number of nitrogens with one attached hydrogen (secondary N) is 1. The van der Waals surface area contributed by atoms with E-state index in [4.69, 9.17) is 4.74 Å². The molecule has 2 aliphatic rings. The molecule has 2 fully saturated rings. The van der Waals surface area contributed by atoms with Crippen LogP contribution in [0.4, 0.5) is 0 Å². The van der Waals surface area contributed by atoms with E-state index in [0.29, 0.717) is 6.42 Å². The molecule has 0 aromatic heterocycles. The molecule has 5 atom stereocenters. The van der Waals surface area contributed by atoms with E-state index in [9.17, 15) is 10.2 Å². The van der Waals surface area contributed by atoms with Crippen LogP contribution in [0.2, 0.25) is 0 Å². The summed E-state index contributed by atoms with van der Waals surface area (Å²) in [5.41, 5.74) is -0.0494. The molecule has 0 aromatic rings. The molecule has 15 heavy (non-hydrogen) atoms. The van der Waals surface area contributed by atoms with Gasteiger partial charge in [0.15, 0.2) is 5.17 Å². The lowest BCUT2D eigenvalue weighted by atomic mass is 9.98. The van der Waals surface area contributed by atoms with Crippen LogP contribution in [0.3, 0.4) is 0 Å². The molecule has 5 unspecified atom stereocenters. The lowest BCUT2D eigenvalue weighted by Crippen LogP contribution is -2.51. The van der Waals surface area contributed by atoms with Crippen LogP contribution in [0, 0.1) is 0 Å². The largest absolute Gasteiger partial charge is 0.391 e. The first-order chi connectivity index (χ1) is 7.11. The van der Waals surface area contributed by atoms with Crippen LogP contribution in [0.15, 0.2) is 4.99 Å². The number of ether oxygens (including phenoxy) is 1. The fourth-order valence-corrected chi connectivity index (χ4v) is 3.01. The van der Waals surface area contributed by atoms with Gasteiger partial charge in [0.2, 0.25) is 0 Å². The van der Waals surface area contributed by atoms with Crippen molar-refractivity contribution in [2.24, 2.45) is 4.99 Å². The highest BCUT2D eigenvalue weighted by Crippen LogP contribution is 2.34. The molecule has 2 saturated heterocycles. The molecule has 2 aliphatic heterocycles. The second kappa shape index (κ2) is 4.29. The first-order valence-electron chi connectivity index (χ1n) is 5.03. The number of nitrogens with zero attached hydrogens (tertiary/aromatic N) is 1. The number of hydrogen-bond donors (Lipinski definition) is 3. The Labute approximate surface area is 92.9 Å². The van der Waals surface area contributed by atoms with Gasteiger partial charge < -0.3 is 20.3 Å². The summed E-state index contributed by atoms with van der Waals surface area (Å²) >= 11 is 1.51. The van der Waals surface area contributed by atoms with Crippen LogP contribution in [-0.4, -0.2) is 52.2 Å². The lowest BCUT2D eigenvalue weighted by molar-refractivity contribution is -0.138. The van der Waals surface area contributed by atoms with Crippen molar-refractivity contribution >= 4 is 16.9 Å². The van der Waals surface area contributed by atoms with Crippen LogP contribution < -0.4 is 5.32 Å². The highest BCUT2D eigenvalue weighted by atomic mass is 32.2. The van der Waals surface area contributed by atoms with Crippen LogP contribution in [0.25, 0.3) is 0 Å². The summed E-state index contributed by atoms with van der Waals surface area (Å²) in [7, 11) is 1.72. The van der Waals surface area contributed by atoms with Crippen molar-refractivity contribution < 1.29 is 14.9 Å². The Morgan fingerprint density at radius 1 is 1.67 bits per heavy atom. The van der Waals surface area contributed by atoms with Crippen LogP contribution in [-0.2, 0) is 4.74 Å². The molecule has 0 aliphatic carbocycles. The number of rotatable bonds is 1. The molecule has 2 rings (SSSR count). The summed E-state index contributed by atoms with van der Waals surface area (Å²) in [5, 5.41) is 23.2. The molecular formula is C9H16N2O3S. The zero-order valence-electron chi connectivity index (χ0n) is 8.75. The van der Waals surface area contributed by atoms with Crippen molar-refractivity contribution in [1.29, 1.82) is 0 Å². The maximum absolute atomic E-state index is 9.77. The Morgan fingerprint density at radius 3 is 3.00 bits per heavy atom. The average Bonchev–Trinajstić information content (AvgIpc) is 2.58. The first-order valence-corrected chi connectivity index (χ1v) is 5.91. The summed E-state index contributed by atoms with van der Waals surface area (Å²) in [5.74, 6) is 0. The second-order valence-corrected chi connectivity index (χ2v) is 5.00. The fourth-order valence-electron chi connectivity index (χ4n) is 1.94. The molecule has 86 valence electrons. The quantitative estimate of drug-likeness (QED) is 0.570. The summed E-state index contributed by atoms with van der Waals surface area (Å²) in [6.45, 7) is 1.64. The molecule has 6 heteroatoms. The zero-order valence-corrected chi connectivity index (χ0v) is 9.57. The third-order valence-electron chi connectivity index (χ3n) is 2.71. The molecule has 0 bridgehead atoms. The van der Waals surface area contributed by atoms with Gasteiger partial charge in [-0.3, -0.25) is 4.99 Å². The van der Waals surface area contributed by atoms with E-state index >= 15 is 0 Å². The Morgan fingerprint density at radius 2 is 2.40 bits per heavy atom. The van der Waals surface area contributed by atoms with Gasteiger partial charge in [-0.1, -0.05) is 11.8 Å².